The van der Waals surface area contributed by atoms with E-state index >= 15 is 0 Å². The molecule has 1 aromatic carbocycles. The largest absolute Gasteiger partial charge is 0.467 e. The lowest BCUT2D eigenvalue weighted by Gasteiger charge is -2.22. The van der Waals surface area contributed by atoms with E-state index in [9.17, 15) is 19.2 Å². The molecule has 28 heavy (non-hydrogen) atoms. The average Bonchev–Trinajstić information content (AvgIpc) is 2.62. The molecule has 0 aliphatic carbocycles. The molecule has 0 saturated heterocycles. The number of nitrogens with one attached hydrogen (secondary N) is 1. The Labute approximate surface area is 164 Å². The highest BCUT2D eigenvalue weighted by atomic mass is 16.6. The zero-order chi connectivity index (χ0) is 21.2. The van der Waals surface area contributed by atoms with E-state index in [0.717, 1.165) is 5.56 Å². The molecule has 1 atom stereocenters. The van der Waals surface area contributed by atoms with Crippen LogP contribution in [0.25, 0.3) is 0 Å². The molecule has 1 amide bonds. The molecular weight excluding hydrogens is 366 g/mol. The number of benzene rings is 1. The molecular formula is C20H27NO7. The normalized spacial score (nSPS) is 11.9. The van der Waals surface area contributed by atoms with Crippen LogP contribution in [0, 0.1) is 0 Å². The highest BCUT2D eigenvalue weighted by Gasteiger charge is 2.26. The zero-order valence-corrected chi connectivity index (χ0v) is 16.7. The average molecular weight is 393 g/mol. The van der Waals surface area contributed by atoms with Gasteiger partial charge in [0, 0.05) is 6.42 Å². The first-order chi connectivity index (χ1) is 13.1. The summed E-state index contributed by atoms with van der Waals surface area (Å²) in [4.78, 5) is 47.4. The number of ether oxygens (including phenoxy) is 3. The molecule has 1 rings (SSSR count). The lowest BCUT2D eigenvalue weighted by molar-refractivity contribution is -0.147. The summed E-state index contributed by atoms with van der Waals surface area (Å²) in [5, 5.41) is 2.38. The van der Waals surface area contributed by atoms with Crippen molar-refractivity contribution in [2.24, 2.45) is 0 Å². The molecule has 0 spiro atoms. The Kier molecular flexibility index (Phi) is 9.14. The number of rotatable bonds is 9. The lowest BCUT2D eigenvalue weighted by atomic mass is 10.1. The Morgan fingerprint density at radius 3 is 2.29 bits per heavy atom. The van der Waals surface area contributed by atoms with Crippen molar-refractivity contribution in [3.05, 3.63) is 35.9 Å². The number of carbonyl (C=O) groups is 4. The van der Waals surface area contributed by atoms with Crippen molar-refractivity contribution in [1.29, 1.82) is 0 Å². The van der Waals surface area contributed by atoms with Crippen LogP contribution in [0.15, 0.2) is 30.3 Å². The zero-order valence-electron chi connectivity index (χ0n) is 16.7. The standard InChI is InChI=1S/C20H27NO7/c1-20(2,3)28-19(25)21-16(18(24)26-4)11-10-15(22)12-17(23)27-13-14-8-6-5-7-9-14/h5-9,16H,10-13H2,1-4H3,(H,21,25)/t16-/m1/s1. The van der Waals surface area contributed by atoms with E-state index in [1.807, 2.05) is 18.2 Å². The molecule has 0 aliphatic rings. The fourth-order valence-electron chi connectivity index (χ4n) is 2.18. The number of hydrogen-bond donors (Lipinski definition) is 1. The van der Waals surface area contributed by atoms with Crippen molar-refractivity contribution < 1.29 is 33.4 Å². The van der Waals surface area contributed by atoms with Gasteiger partial charge in [-0.1, -0.05) is 30.3 Å². The molecule has 1 N–H and O–H groups in total. The number of methoxy groups -OCH3 is 1. The van der Waals surface area contributed by atoms with Crippen LogP contribution in [0.4, 0.5) is 4.79 Å². The third-order valence-corrected chi connectivity index (χ3v) is 3.47. The van der Waals surface area contributed by atoms with Gasteiger partial charge in [-0.05, 0) is 32.8 Å². The summed E-state index contributed by atoms with van der Waals surface area (Å²) < 4.78 is 14.8. The molecule has 1 aromatic rings. The van der Waals surface area contributed by atoms with Crippen molar-refractivity contribution in [3.63, 3.8) is 0 Å². The summed E-state index contributed by atoms with van der Waals surface area (Å²) in [6.07, 6.45) is -1.32. The summed E-state index contributed by atoms with van der Waals surface area (Å²) in [6.45, 7) is 5.14. The van der Waals surface area contributed by atoms with Gasteiger partial charge in [0.05, 0.1) is 7.11 Å². The van der Waals surface area contributed by atoms with E-state index in [0.29, 0.717) is 0 Å². The highest BCUT2D eigenvalue weighted by Crippen LogP contribution is 2.09. The number of amides is 1. The van der Waals surface area contributed by atoms with Gasteiger partial charge in [-0.15, -0.1) is 0 Å². The molecule has 0 bridgehead atoms. The first-order valence-electron chi connectivity index (χ1n) is 8.89. The van der Waals surface area contributed by atoms with Crippen molar-refractivity contribution in [3.8, 4) is 0 Å². The van der Waals surface area contributed by atoms with Crippen LogP contribution in [0.1, 0.15) is 45.6 Å². The van der Waals surface area contributed by atoms with Crippen LogP contribution in [0.3, 0.4) is 0 Å². The van der Waals surface area contributed by atoms with Gasteiger partial charge in [0.15, 0.2) is 0 Å². The Bertz CT molecular complexity index is 680. The smallest absolute Gasteiger partial charge is 0.408 e. The maximum Gasteiger partial charge on any atom is 0.408 e. The Morgan fingerprint density at radius 2 is 1.71 bits per heavy atom. The van der Waals surface area contributed by atoms with Crippen molar-refractivity contribution in [1.82, 2.24) is 5.32 Å². The first kappa shape index (κ1) is 23.1. The minimum absolute atomic E-state index is 0.0171. The molecule has 8 heteroatoms. The number of Topliss-reactive ketones (excluding diaryl/α,β-unsaturated/α-hetero) is 1. The van der Waals surface area contributed by atoms with Gasteiger partial charge in [0.25, 0.3) is 0 Å². The summed E-state index contributed by atoms with van der Waals surface area (Å²) in [5.41, 5.74) is 0.0823. The molecule has 0 heterocycles. The Hall–Kier alpha value is -2.90. The van der Waals surface area contributed by atoms with E-state index < -0.39 is 41.9 Å². The summed E-state index contributed by atoms with van der Waals surface area (Å²) in [6, 6.07) is 8.04. The maximum atomic E-state index is 12.0. The van der Waals surface area contributed by atoms with E-state index in [1.165, 1.54) is 7.11 Å². The quantitative estimate of drug-likeness (QED) is 0.390. The second kappa shape index (κ2) is 11.1. The van der Waals surface area contributed by atoms with Gasteiger partial charge in [-0.2, -0.15) is 0 Å². The molecule has 0 fully saturated rings. The van der Waals surface area contributed by atoms with Gasteiger partial charge in [0.1, 0.15) is 30.5 Å². The third-order valence-electron chi connectivity index (χ3n) is 3.47. The van der Waals surface area contributed by atoms with Gasteiger partial charge in [0.2, 0.25) is 0 Å². The molecule has 0 unspecified atom stereocenters. The van der Waals surface area contributed by atoms with E-state index in [2.05, 4.69) is 10.1 Å². The first-order valence-corrected chi connectivity index (χ1v) is 8.89. The summed E-state index contributed by atoms with van der Waals surface area (Å²) >= 11 is 0. The predicted molar refractivity (Wildman–Crippen MR) is 100 cm³/mol. The van der Waals surface area contributed by atoms with Gasteiger partial charge in [-0.25, -0.2) is 9.59 Å². The molecule has 0 saturated carbocycles. The minimum atomic E-state index is -1.05. The second-order valence-corrected chi connectivity index (χ2v) is 7.12. The fourth-order valence-corrected chi connectivity index (χ4v) is 2.18. The number of esters is 2. The van der Waals surface area contributed by atoms with Crippen molar-refractivity contribution in [2.75, 3.05) is 7.11 Å². The molecule has 0 aromatic heterocycles. The topological polar surface area (TPSA) is 108 Å². The molecule has 8 nitrogen and oxygen atoms in total. The van der Waals surface area contributed by atoms with Crippen molar-refractivity contribution >= 4 is 23.8 Å². The van der Waals surface area contributed by atoms with Crippen LogP contribution in [-0.4, -0.2) is 42.6 Å². The molecule has 0 aliphatic heterocycles. The maximum absolute atomic E-state index is 12.0. The van der Waals surface area contributed by atoms with Crippen LogP contribution in [0.2, 0.25) is 0 Å². The van der Waals surface area contributed by atoms with Gasteiger partial charge >= 0.3 is 18.0 Å². The second-order valence-electron chi connectivity index (χ2n) is 7.12. The summed E-state index contributed by atoms with van der Waals surface area (Å²) in [7, 11) is 1.18. The van der Waals surface area contributed by atoms with Gasteiger partial charge < -0.3 is 19.5 Å². The van der Waals surface area contributed by atoms with Crippen LogP contribution in [-0.2, 0) is 35.2 Å². The van der Waals surface area contributed by atoms with E-state index in [1.54, 1.807) is 32.9 Å². The third kappa shape index (κ3) is 9.70. The lowest BCUT2D eigenvalue weighted by Crippen LogP contribution is -2.44. The number of carbonyl (C=O) groups excluding carboxylic acids is 4. The molecule has 0 radical (unpaired) electrons. The number of ketones is 1. The van der Waals surface area contributed by atoms with Crippen LogP contribution in [0.5, 0.6) is 0 Å². The monoisotopic (exact) mass is 393 g/mol. The van der Waals surface area contributed by atoms with E-state index in [4.69, 9.17) is 9.47 Å². The highest BCUT2D eigenvalue weighted by molar-refractivity contribution is 5.95. The van der Waals surface area contributed by atoms with Gasteiger partial charge in [-0.3, -0.25) is 9.59 Å². The Balaban J connectivity index is 2.45. The van der Waals surface area contributed by atoms with Crippen LogP contribution >= 0.6 is 0 Å². The van der Waals surface area contributed by atoms with Crippen LogP contribution < -0.4 is 5.32 Å². The fraction of sp³-hybridized carbons (Fsp3) is 0.500. The number of alkyl carbamates (subject to hydrolysis) is 1. The SMILES string of the molecule is COC(=O)[C@@H](CCC(=O)CC(=O)OCc1ccccc1)NC(=O)OC(C)(C)C. The summed E-state index contributed by atoms with van der Waals surface area (Å²) in [5.74, 6) is -1.76. The molecule has 154 valence electrons. The van der Waals surface area contributed by atoms with E-state index in [-0.39, 0.29) is 19.4 Å². The van der Waals surface area contributed by atoms with Crippen molar-refractivity contribution in [2.45, 2.75) is 58.3 Å². The predicted octanol–water partition coefficient (Wildman–Crippen LogP) is 2.54. The minimum Gasteiger partial charge on any atom is -0.467 e. The Morgan fingerprint density at radius 1 is 1.07 bits per heavy atom. The number of hydrogen-bond acceptors (Lipinski definition) is 7.